The molecule has 0 aliphatic carbocycles. The average Bonchev–Trinajstić information content (AvgIpc) is 3.61. The van der Waals surface area contributed by atoms with Crippen LogP contribution in [0.2, 0.25) is 10.0 Å². The number of aromatic amines is 1. The van der Waals surface area contributed by atoms with Crippen LogP contribution in [0.15, 0.2) is 83.9 Å². The Kier molecular flexibility index (Phi) is 11.5. The molecule has 6 rings (SSSR count). The molecule has 43 heavy (non-hydrogen) atoms. The van der Waals surface area contributed by atoms with E-state index < -0.39 is 5.82 Å². The standard InChI is InChI=1S/C18H21ClFN3O3.C8H6ClN.C6H6S/c1-12(24)21-4-6-22(7-5-21)18(26)14-9-17(25)23(11-14)10-13-2-3-15(19)16(20)8-13;9-7-2-1-6-3-4-10-8(6)5-7;7-6-4-2-1-3-5-6/h2-3,8,14H,4-7,9-11H2,1H3;1-5,10H;1-5,7H. The van der Waals surface area contributed by atoms with Gasteiger partial charge in [-0.05, 0) is 53.4 Å². The quantitative estimate of drug-likeness (QED) is 0.257. The van der Waals surface area contributed by atoms with Gasteiger partial charge in [0.1, 0.15) is 5.82 Å². The van der Waals surface area contributed by atoms with Crippen LogP contribution in [0.4, 0.5) is 4.39 Å². The number of benzene rings is 3. The van der Waals surface area contributed by atoms with Crippen molar-refractivity contribution in [3.63, 3.8) is 0 Å². The summed E-state index contributed by atoms with van der Waals surface area (Å²) in [6.45, 7) is 4.14. The van der Waals surface area contributed by atoms with E-state index in [0.29, 0.717) is 38.3 Å². The van der Waals surface area contributed by atoms with Gasteiger partial charge in [-0.3, -0.25) is 14.4 Å². The van der Waals surface area contributed by atoms with Crippen LogP contribution in [0.5, 0.6) is 0 Å². The zero-order chi connectivity index (χ0) is 30.9. The summed E-state index contributed by atoms with van der Waals surface area (Å²) in [7, 11) is 0. The first-order chi connectivity index (χ1) is 20.6. The van der Waals surface area contributed by atoms with Gasteiger partial charge in [-0.1, -0.05) is 53.5 Å². The van der Waals surface area contributed by atoms with E-state index in [0.717, 1.165) is 15.4 Å². The molecule has 0 spiro atoms. The second-order valence-corrected chi connectivity index (χ2v) is 11.7. The highest BCUT2D eigenvalue weighted by Crippen LogP contribution is 2.24. The van der Waals surface area contributed by atoms with Gasteiger partial charge in [-0.15, -0.1) is 12.6 Å². The van der Waals surface area contributed by atoms with Crippen molar-refractivity contribution in [2.45, 2.75) is 24.8 Å². The summed E-state index contributed by atoms with van der Waals surface area (Å²) >= 11 is 15.5. The van der Waals surface area contributed by atoms with E-state index in [1.54, 1.807) is 20.8 Å². The molecular weight excluding hydrogens is 610 g/mol. The Hall–Kier alpha value is -3.53. The van der Waals surface area contributed by atoms with Crippen molar-refractivity contribution in [1.82, 2.24) is 19.7 Å². The molecule has 0 radical (unpaired) electrons. The summed E-state index contributed by atoms with van der Waals surface area (Å²) in [6.07, 6.45) is 2.07. The molecule has 1 aromatic heterocycles. The molecule has 1 unspecified atom stereocenters. The van der Waals surface area contributed by atoms with E-state index in [1.807, 2.05) is 60.8 Å². The van der Waals surface area contributed by atoms with Crippen molar-refractivity contribution in [2.24, 2.45) is 5.92 Å². The highest BCUT2D eigenvalue weighted by molar-refractivity contribution is 7.80. The third-order valence-electron chi connectivity index (χ3n) is 7.23. The first kappa shape index (κ1) is 32.4. The van der Waals surface area contributed by atoms with Crippen LogP contribution in [-0.4, -0.2) is 70.1 Å². The molecule has 3 aromatic carbocycles. The molecule has 3 heterocycles. The van der Waals surface area contributed by atoms with Gasteiger partial charge in [0, 0.05) is 74.2 Å². The molecule has 1 N–H and O–H groups in total. The van der Waals surface area contributed by atoms with E-state index in [1.165, 1.54) is 24.4 Å². The Morgan fingerprint density at radius 1 is 0.953 bits per heavy atom. The van der Waals surface area contributed by atoms with Crippen molar-refractivity contribution >= 4 is 64.5 Å². The zero-order valence-corrected chi connectivity index (χ0v) is 26.1. The Balaban J connectivity index is 0.000000200. The SMILES string of the molecule is CC(=O)N1CCN(C(=O)C2CC(=O)N(Cc3ccc(Cl)c(F)c3)C2)CC1.Clc1ccc2cc[nH]c2c1.Sc1ccccc1. The lowest BCUT2D eigenvalue weighted by molar-refractivity contribution is -0.141. The molecule has 1 atom stereocenters. The van der Waals surface area contributed by atoms with Crippen LogP contribution in [0.3, 0.4) is 0 Å². The van der Waals surface area contributed by atoms with E-state index in [9.17, 15) is 18.8 Å². The van der Waals surface area contributed by atoms with Crippen molar-refractivity contribution in [3.05, 3.63) is 100 Å². The fraction of sp³-hybridized carbons (Fsp3) is 0.281. The highest BCUT2D eigenvalue weighted by atomic mass is 35.5. The maximum Gasteiger partial charge on any atom is 0.228 e. The van der Waals surface area contributed by atoms with Crippen molar-refractivity contribution in [3.8, 4) is 0 Å². The van der Waals surface area contributed by atoms with Crippen LogP contribution in [0.25, 0.3) is 10.9 Å². The fourth-order valence-corrected chi connectivity index (χ4v) is 5.36. The number of halogens is 3. The molecule has 0 bridgehead atoms. The summed E-state index contributed by atoms with van der Waals surface area (Å²) < 4.78 is 13.6. The molecule has 4 aromatic rings. The number of nitrogens with zero attached hydrogens (tertiary/aromatic N) is 3. The number of carbonyl (C=O) groups excluding carboxylic acids is 3. The van der Waals surface area contributed by atoms with E-state index in [2.05, 4.69) is 17.6 Å². The van der Waals surface area contributed by atoms with Gasteiger partial charge in [-0.25, -0.2) is 4.39 Å². The summed E-state index contributed by atoms with van der Waals surface area (Å²) in [5, 5.41) is 2.01. The maximum atomic E-state index is 13.6. The summed E-state index contributed by atoms with van der Waals surface area (Å²) in [5.41, 5.74) is 1.73. The molecule has 11 heteroatoms. The molecule has 2 aliphatic rings. The Labute approximate surface area is 266 Å². The lowest BCUT2D eigenvalue weighted by Gasteiger charge is -2.35. The zero-order valence-electron chi connectivity index (χ0n) is 23.7. The minimum Gasteiger partial charge on any atom is -0.361 e. The van der Waals surface area contributed by atoms with Crippen LogP contribution in [0, 0.1) is 11.7 Å². The predicted molar refractivity (Wildman–Crippen MR) is 171 cm³/mol. The largest absolute Gasteiger partial charge is 0.361 e. The minimum atomic E-state index is -0.521. The second-order valence-electron chi connectivity index (χ2n) is 10.3. The number of hydrogen-bond donors (Lipinski definition) is 2. The number of thiol groups is 1. The number of fused-ring (bicyclic) bond motifs is 1. The van der Waals surface area contributed by atoms with Crippen LogP contribution in [0.1, 0.15) is 18.9 Å². The Morgan fingerprint density at radius 3 is 2.28 bits per heavy atom. The van der Waals surface area contributed by atoms with Gasteiger partial charge < -0.3 is 19.7 Å². The number of amides is 3. The van der Waals surface area contributed by atoms with Gasteiger partial charge in [0.05, 0.1) is 10.9 Å². The number of aromatic nitrogens is 1. The van der Waals surface area contributed by atoms with Crippen LogP contribution < -0.4 is 0 Å². The van der Waals surface area contributed by atoms with Crippen LogP contribution >= 0.6 is 35.8 Å². The normalized spacial score (nSPS) is 16.3. The summed E-state index contributed by atoms with van der Waals surface area (Å²) in [5.74, 6) is -1.06. The monoisotopic (exact) mass is 642 g/mol. The topological polar surface area (TPSA) is 76.7 Å². The second kappa shape index (κ2) is 15.3. The molecule has 226 valence electrons. The number of carbonyl (C=O) groups is 3. The number of H-pyrrole nitrogens is 1. The van der Waals surface area contributed by atoms with Crippen LogP contribution in [-0.2, 0) is 20.9 Å². The predicted octanol–water partition coefficient (Wildman–Crippen LogP) is 6.31. The average molecular weight is 644 g/mol. The van der Waals surface area contributed by atoms with Gasteiger partial charge in [0.25, 0.3) is 0 Å². The summed E-state index contributed by atoms with van der Waals surface area (Å²) in [4.78, 5) is 45.4. The van der Waals surface area contributed by atoms with Crippen molar-refractivity contribution in [2.75, 3.05) is 32.7 Å². The third kappa shape index (κ3) is 9.23. The van der Waals surface area contributed by atoms with Gasteiger partial charge in [0.15, 0.2) is 0 Å². The number of hydrogen-bond acceptors (Lipinski definition) is 4. The Morgan fingerprint density at radius 2 is 1.65 bits per heavy atom. The summed E-state index contributed by atoms with van der Waals surface area (Å²) in [6, 6.07) is 22.1. The lowest BCUT2D eigenvalue weighted by atomic mass is 10.1. The minimum absolute atomic E-state index is 0.00881. The number of rotatable bonds is 3. The number of piperazine rings is 1. The van der Waals surface area contributed by atoms with Crippen molar-refractivity contribution < 1.29 is 18.8 Å². The number of nitrogens with one attached hydrogen (secondary N) is 1. The first-order valence-corrected chi connectivity index (χ1v) is 15.0. The maximum absolute atomic E-state index is 13.6. The van der Waals surface area contributed by atoms with E-state index >= 15 is 0 Å². The van der Waals surface area contributed by atoms with Gasteiger partial charge in [0.2, 0.25) is 17.7 Å². The third-order valence-corrected chi connectivity index (χ3v) is 8.07. The van der Waals surface area contributed by atoms with Gasteiger partial charge >= 0.3 is 0 Å². The molecule has 0 saturated carbocycles. The number of likely N-dealkylation sites (tertiary alicyclic amines) is 1. The fourth-order valence-electron chi connectivity index (χ4n) is 4.90. The Bertz CT molecular complexity index is 1560. The molecule has 3 amide bonds. The van der Waals surface area contributed by atoms with E-state index in [-0.39, 0.29) is 41.6 Å². The van der Waals surface area contributed by atoms with Gasteiger partial charge in [-0.2, -0.15) is 0 Å². The lowest BCUT2D eigenvalue weighted by Crippen LogP contribution is -2.51. The smallest absolute Gasteiger partial charge is 0.228 e. The molecule has 7 nitrogen and oxygen atoms in total. The molecular formula is C32H33Cl2FN4O3S. The molecule has 2 aliphatic heterocycles. The first-order valence-electron chi connectivity index (χ1n) is 13.8. The molecule has 2 fully saturated rings. The van der Waals surface area contributed by atoms with E-state index in [4.69, 9.17) is 23.2 Å². The molecule has 2 saturated heterocycles. The highest BCUT2D eigenvalue weighted by Gasteiger charge is 2.37. The van der Waals surface area contributed by atoms with Crippen molar-refractivity contribution in [1.29, 1.82) is 0 Å².